The Labute approximate surface area is 172 Å². The summed E-state index contributed by atoms with van der Waals surface area (Å²) in [4.78, 5) is 21.8. The molecule has 2 aliphatic rings. The minimum Gasteiger partial charge on any atom is -0.364 e. The van der Waals surface area contributed by atoms with Crippen molar-refractivity contribution >= 4 is 11.6 Å². The van der Waals surface area contributed by atoms with E-state index in [4.69, 9.17) is 0 Å². The summed E-state index contributed by atoms with van der Waals surface area (Å²) in [6, 6.07) is 6.82. The fraction of sp³-hybridized carbons (Fsp3) is 0.565. The Bertz CT molecular complexity index is 893. The average molecular weight is 399 g/mol. The number of aromatic nitrogens is 2. The molecule has 2 fully saturated rings. The summed E-state index contributed by atoms with van der Waals surface area (Å²) < 4.78 is 15.9. The molecule has 5 nitrogen and oxygen atoms in total. The second kappa shape index (κ2) is 7.47. The lowest BCUT2D eigenvalue weighted by molar-refractivity contribution is -0.135. The summed E-state index contributed by atoms with van der Waals surface area (Å²) in [5, 5.41) is 0. The zero-order valence-corrected chi connectivity index (χ0v) is 17.7. The molecule has 1 aromatic carbocycles. The van der Waals surface area contributed by atoms with Crippen LogP contribution in [-0.4, -0.2) is 44.5 Å². The van der Waals surface area contributed by atoms with E-state index in [1.54, 1.807) is 18.3 Å². The van der Waals surface area contributed by atoms with Gasteiger partial charge < -0.3 is 14.4 Å². The van der Waals surface area contributed by atoms with Gasteiger partial charge in [0.1, 0.15) is 11.6 Å². The van der Waals surface area contributed by atoms with Crippen molar-refractivity contribution in [1.82, 2.24) is 14.5 Å². The molecule has 1 unspecified atom stereocenters. The molecule has 4 rings (SSSR count). The number of carbonyl (C=O) groups excluding carboxylic acids is 1. The van der Waals surface area contributed by atoms with E-state index in [0.29, 0.717) is 6.42 Å². The number of aryl methyl sites for hydroxylation is 2. The number of amides is 1. The zero-order chi connectivity index (χ0) is 20.6. The van der Waals surface area contributed by atoms with Gasteiger partial charge in [0.25, 0.3) is 0 Å². The topological polar surface area (TPSA) is 41.4 Å². The third kappa shape index (κ3) is 3.77. The molecule has 3 heterocycles. The molecule has 6 heteroatoms. The molecule has 2 aliphatic heterocycles. The molecule has 1 atom stereocenters. The van der Waals surface area contributed by atoms with Crippen LogP contribution < -0.4 is 4.90 Å². The highest BCUT2D eigenvalue weighted by molar-refractivity contribution is 5.78. The highest BCUT2D eigenvalue weighted by Gasteiger charge is 2.54. The van der Waals surface area contributed by atoms with Crippen molar-refractivity contribution in [1.29, 1.82) is 0 Å². The van der Waals surface area contributed by atoms with E-state index in [1.807, 2.05) is 19.2 Å². The molecular weight excluding hydrogens is 367 g/mol. The molecule has 29 heavy (non-hydrogen) atoms. The highest BCUT2D eigenvalue weighted by atomic mass is 19.1. The van der Waals surface area contributed by atoms with Gasteiger partial charge in [0.05, 0.1) is 5.54 Å². The van der Waals surface area contributed by atoms with E-state index in [-0.39, 0.29) is 22.8 Å². The molecule has 0 radical (unpaired) electrons. The predicted octanol–water partition coefficient (Wildman–Crippen LogP) is 4.16. The van der Waals surface area contributed by atoms with Crippen LogP contribution in [0.5, 0.6) is 0 Å². The SMILES string of the molecule is Cc1nccn1CCCC(=O)N1CCCC12CN(c1cccc(F)c1)C(C)(C)C2. The van der Waals surface area contributed by atoms with Crippen molar-refractivity contribution in [3.63, 3.8) is 0 Å². The standard InChI is InChI=1S/C23H31FN4O/c1-18-25-11-14-26(18)12-5-9-21(29)27-13-6-10-23(27)16-22(2,3)28(17-23)20-8-4-7-19(24)15-20/h4,7-8,11,14-15H,5-6,9-10,12-13,16-17H2,1-3H3. The van der Waals surface area contributed by atoms with E-state index in [2.05, 4.69) is 33.2 Å². The molecule has 2 aromatic rings. The third-order valence-electron chi connectivity index (χ3n) is 6.68. The summed E-state index contributed by atoms with van der Waals surface area (Å²) in [6.45, 7) is 8.81. The van der Waals surface area contributed by atoms with Gasteiger partial charge in [-0.3, -0.25) is 4.79 Å². The Morgan fingerprint density at radius 3 is 2.86 bits per heavy atom. The number of hydrogen-bond acceptors (Lipinski definition) is 3. The van der Waals surface area contributed by atoms with Gasteiger partial charge in [-0.05, 0) is 64.7 Å². The molecule has 1 spiro atoms. The van der Waals surface area contributed by atoms with Crippen LogP contribution in [0.15, 0.2) is 36.7 Å². The molecule has 0 aliphatic carbocycles. The number of rotatable bonds is 5. The Morgan fingerprint density at radius 2 is 2.14 bits per heavy atom. The van der Waals surface area contributed by atoms with Gasteiger partial charge in [-0.1, -0.05) is 6.07 Å². The molecule has 0 saturated carbocycles. The number of hydrogen-bond donors (Lipinski definition) is 0. The summed E-state index contributed by atoms with van der Waals surface area (Å²) >= 11 is 0. The van der Waals surface area contributed by atoms with Crippen LogP contribution in [0.4, 0.5) is 10.1 Å². The molecular formula is C23H31FN4O. The number of benzene rings is 1. The fourth-order valence-corrected chi connectivity index (χ4v) is 5.40. The van der Waals surface area contributed by atoms with Crippen LogP contribution in [0, 0.1) is 12.7 Å². The van der Waals surface area contributed by atoms with Crippen molar-refractivity contribution in [2.24, 2.45) is 0 Å². The maximum absolute atomic E-state index is 13.8. The summed E-state index contributed by atoms with van der Waals surface area (Å²) in [7, 11) is 0. The van der Waals surface area contributed by atoms with Crippen molar-refractivity contribution in [2.75, 3.05) is 18.0 Å². The number of nitrogens with zero attached hydrogens (tertiary/aromatic N) is 4. The van der Waals surface area contributed by atoms with Crippen molar-refractivity contribution < 1.29 is 9.18 Å². The first kappa shape index (κ1) is 19.9. The molecule has 156 valence electrons. The number of anilines is 1. The molecule has 2 saturated heterocycles. The van der Waals surface area contributed by atoms with Crippen molar-refractivity contribution in [3.05, 3.63) is 48.3 Å². The van der Waals surface area contributed by atoms with Crippen LogP contribution >= 0.6 is 0 Å². The largest absolute Gasteiger partial charge is 0.364 e. The van der Waals surface area contributed by atoms with E-state index in [9.17, 15) is 9.18 Å². The fourth-order valence-electron chi connectivity index (χ4n) is 5.40. The second-order valence-electron chi connectivity index (χ2n) is 9.20. The first-order valence-electron chi connectivity index (χ1n) is 10.6. The Morgan fingerprint density at radius 1 is 1.31 bits per heavy atom. The average Bonchev–Trinajstić information content (AvgIpc) is 3.33. The minimum atomic E-state index is -0.214. The van der Waals surface area contributed by atoms with Gasteiger partial charge in [0.15, 0.2) is 0 Å². The van der Waals surface area contributed by atoms with Crippen molar-refractivity contribution in [2.45, 2.75) is 70.5 Å². The molecule has 1 aromatic heterocycles. The van der Waals surface area contributed by atoms with Gasteiger partial charge in [-0.15, -0.1) is 0 Å². The molecule has 1 amide bonds. The summed E-state index contributed by atoms with van der Waals surface area (Å²) in [5.41, 5.74) is 0.643. The van der Waals surface area contributed by atoms with Gasteiger partial charge in [-0.25, -0.2) is 9.37 Å². The normalized spacial score (nSPS) is 23.3. The lowest BCUT2D eigenvalue weighted by Gasteiger charge is -2.35. The number of halogens is 1. The smallest absolute Gasteiger partial charge is 0.223 e. The number of likely N-dealkylation sites (tertiary alicyclic amines) is 1. The second-order valence-corrected chi connectivity index (χ2v) is 9.20. The molecule has 0 bridgehead atoms. The monoisotopic (exact) mass is 398 g/mol. The quantitative estimate of drug-likeness (QED) is 0.759. The minimum absolute atomic E-state index is 0.120. The lowest BCUT2D eigenvalue weighted by Crippen LogP contribution is -2.49. The first-order chi connectivity index (χ1) is 13.8. The van der Waals surface area contributed by atoms with Crippen LogP contribution in [0.1, 0.15) is 51.8 Å². The lowest BCUT2D eigenvalue weighted by atomic mass is 9.87. The third-order valence-corrected chi connectivity index (χ3v) is 6.68. The predicted molar refractivity (Wildman–Crippen MR) is 112 cm³/mol. The zero-order valence-electron chi connectivity index (χ0n) is 17.7. The Balaban J connectivity index is 1.46. The maximum Gasteiger partial charge on any atom is 0.223 e. The first-order valence-corrected chi connectivity index (χ1v) is 10.6. The van der Waals surface area contributed by atoms with Crippen molar-refractivity contribution in [3.8, 4) is 0 Å². The van der Waals surface area contributed by atoms with E-state index in [0.717, 1.165) is 56.8 Å². The van der Waals surface area contributed by atoms with E-state index < -0.39 is 0 Å². The number of carbonyl (C=O) groups is 1. The Hall–Kier alpha value is -2.37. The highest BCUT2D eigenvalue weighted by Crippen LogP contribution is 2.47. The van der Waals surface area contributed by atoms with Crippen LogP contribution in [0.25, 0.3) is 0 Å². The maximum atomic E-state index is 13.8. The van der Waals surface area contributed by atoms with Crippen LogP contribution in [0.2, 0.25) is 0 Å². The van der Waals surface area contributed by atoms with Gasteiger partial charge in [-0.2, -0.15) is 0 Å². The van der Waals surface area contributed by atoms with Gasteiger partial charge in [0, 0.05) is 49.7 Å². The van der Waals surface area contributed by atoms with Gasteiger partial charge in [0.2, 0.25) is 5.91 Å². The number of imidazole rings is 1. The van der Waals surface area contributed by atoms with E-state index in [1.165, 1.54) is 6.07 Å². The summed E-state index contributed by atoms with van der Waals surface area (Å²) in [6.07, 6.45) is 8.12. The van der Waals surface area contributed by atoms with Crippen LogP contribution in [-0.2, 0) is 11.3 Å². The van der Waals surface area contributed by atoms with E-state index >= 15 is 0 Å². The Kier molecular flexibility index (Phi) is 5.13. The van der Waals surface area contributed by atoms with Crippen LogP contribution in [0.3, 0.4) is 0 Å². The van der Waals surface area contributed by atoms with Gasteiger partial charge >= 0.3 is 0 Å². The summed E-state index contributed by atoms with van der Waals surface area (Å²) in [5.74, 6) is 1.02. The molecule has 0 N–H and O–H groups in total.